The highest BCUT2D eigenvalue weighted by molar-refractivity contribution is 6.18. The van der Waals surface area contributed by atoms with Crippen LogP contribution in [-0.2, 0) is 4.74 Å². The average molecular weight is 236 g/mol. The first kappa shape index (κ1) is 15.2. The molecule has 0 saturated heterocycles. The van der Waals surface area contributed by atoms with E-state index in [1.165, 1.54) is 12.8 Å². The Bertz CT molecular complexity index is 129. The van der Waals surface area contributed by atoms with E-state index in [0.29, 0.717) is 11.9 Å². The quantitative estimate of drug-likeness (QED) is 0.426. The first-order chi connectivity index (χ1) is 7.29. The van der Waals surface area contributed by atoms with Crippen LogP contribution in [0.3, 0.4) is 0 Å². The second-order valence-electron chi connectivity index (χ2n) is 3.81. The van der Waals surface area contributed by atoms with Crippen molar-refractivity contribution in [2.24, 2.45) is 0 Å². The molecule has 0 spiro atoms. The summed E-state index contributed by atoms with van der Waals surface area (Å²) < 4.78 is 5.51. The fourth-order valence-electron chi connectivity index (χ4n) is 1.82. The molecule has 15 heavy (non-hydrogen) atoms. The molecule has 3 heteroatoms. The van der Waals surface area contributed by atoms with Gasteiger partial charge in [0, 0.05) is 31.6 Å². The van der Waals surface area contributed by atoms with E-state index < -0.39 is 0 Å². The minimum Gasteiger partial charge on any atom is -0.380 e. The molecule has 0 amide bonds. The van der Waals surface area contributed by atoms with Gasteiger partial charge in [-0.2, -0.15) is 0 Å². The third kappa shape index (κ3) is 7.15. The Balaban J connectivity index is 3.80. The topological polar surface area (TPSA) is 12.5 Å². The Kier molecular flexibility index (Phi) is 10.9. The lowest BCUT2D eigenvalue weighted by atomic mass is 10.1. The van der Waals surface area contributed by atoms with Crippen LogP contribution in [0, 0.1) is 0 Å². The average Bonchev–Trinajstić information content (AvgIpc) is 2.26. The summed E-state index contributed by atoms with van der Waals surface area (Å²) in [5.74, 6) is 0.713. The van der Waals surface area contributed by atoms with E-state index >= 15 is 0 Å². The minimum atomic E-state index is 0.661. The van der Waals surface area contributed by atoms with Crippen LogP contribution < -0.4 is 0 Å². The Morgan fingerprint density at radius 1 is 1.07 bits per heavy atom. The van der Waals surface area contributed by atoms with Crippen LogP contribution in [-0.4, -0.2) is 43.1 Å². The van der Waals surface area contributed by atoms with E-state index in [4.69, 9.17) is 16.3 Å². The molecule has 0 bridgehead atoms. The predicted molar refractivity (Wildman–Crippen MR) is 67.8 cm³/mol. The molecule has 0 aromatic carbocycles. The maximum atomic E-state index is 5.81. The largest absolute Gasteiger partial charge is 0.380 e. The van der Waals surface area contributed by atoms with Gasteiger partial charge in [0.25, 0.3) is 0 Å². The molecule has 0 aliphatic carbocycles. The van der Waals surface area contributed by atoms with Crippen LogP contribution in [0.15, 0.2) is 0 Å². The molecule has 0 atom stereocenters. The van der Waals surface area contributed by atoms with E-state index in [-0.39, 0.29) is 0 Å². The minimum absolute atomic E-state index is 0.661. The molecule has 0 heterocycles. The van der Waals surface area contributed by atoms with Gasteiger partial charge < -0.3 is 4.74 Å². The first-order valence-electron chi connectivity index (χ1n) is 6.17. The van der Waals surface area contributed by atoms with Gasteiger partial charge in [-0.15, -0.1) is 11.6 Å². The number of halogens is 1. The maximum Gasteiger partial charge on any atom is 0.0593 e. The zero-order valence-corrected chi connectivity index (χ0v) is 11.2. The number of nitrogens with zero attached hydrogens (tertiary/aromatic N) is 1. The van der Waals surface area contributed by atoms with E-state index in [2.05, 4.69) is 25.7 Å². The van der Waals surface area contributed by atoms with Crippen molar-refractivity contribution in [3.8, 4) is 0 Å². The number of hydrogen-bond donors (Lipinski definition) is 0. The van der Waals surface area contributed by atoms with E-state index in [9.17, 15) is 0 Å². The van der Waals surface area contributed by atoms with Crippen LogP contribution in [0.5, 0.6) is 0 Å². The van der Waals surface area contributed by atoms with E-state index in [1.807, 2.05) is 0 Å². The molecule has 92 valence electrons. The molecule has 0 saturated carbocycles. The van der Waals surface area contributed by atoms with Gasteiger partial charge in [-0.1, -0.05) is 20.8 Å². The Morgan fingerprint density at radius 3 is 2.20 bits per heavy atom. The van der Waals surface area contributed by atoms with Gasteiger partial charge >= 0.3 is 0 Å². The molecule has 0 unspecified atom stereocenters. The molecule has 0 N–H and O–H groups in total. The normalized spacial score (nSPS) is 11.6. The molecule has 0 aromatic heterocycles. The van der Waals surface area contributed by atoms with Crippen LogP contribution in [0.1, 0.15) is 40.0 Å². The third-order valence-corrected chi connectivity index (χ3v) is 2.87. The summed E-state index contributed by atoms with van der Waals surface area (Å²) in [5.41, 5.74) is 0. The molecular weight excluding hydrogens is 210 g/mol. The number of hydrogen-bond acceptors (Lipinski definition) is 2. The lowest BCUT2D eigenvalue weighted by Crippen LogP contribution is -2.38. The summed E-state index contributed by atoms with van der Waals surface area (Å²) in [6, 6.07) is 0.661. The lowest BCUT2D eigenvalue weighted by molar-refractivity contribution is 0.0875. The summed E-state index contributed by atoms with van der Waals surface area (Å²) in [5, 5.41) is 0. The number of alkyl halides is 1. The fourth-order valence-corrected chi connectivity index (χ4v) is 2.04. The second-order valence-corrected chi connectivity index (χ2v) is 4.19. The summed E-state index contributed by atoms with van der Waals surface area (Å²) in [6.07, 6.45) is 3.49. The molecule has 0 radical (unpaired) electrons. The van der Waals surface area contributed by atoms with Crippen LogP contribution >= 0.6 is 11.6 Å². The molecule has 2 nitrogen and oxygen atoms in total. The van der Waals surface area contributed by atoms with Gasteiger partial charge in [0.2, 0.25) is 0 Å². The van der Waals surface area contributed by atoms with Gasteiger partial charge in [-0.25, -0.2) is 0 Å². The highest BCUT2D eigenvalue weighted by atomic mass is 35.5. The second kappa shape index (κ2) is 10.7. The SMILES string of the molecule is CCCOCCN(CCCl)C(CC)CC. The molecule has 0 aromatic rings. The van der Waals surface area contributed by atoms with Crippen molar-refractivity contribution in [2.45, 2.75) is 46.1 Å². The standard InChI is InChI=1S/C12H26ClNO/c1-4-10-15-11-9-14(8-7-13)12(5-2)6-3/h12H,4-11H2,1-3H3. The van der Waals surface area contributed by atoms with Crippen LogP contribution in [0.4, 0.5) is 0 Å². The van der Waals surface area contributed by atoms with E-state index in [1.54, 1.807) is 0 Å². The molecule has 0 aliphatic heterocycles. The van der Waals surface area contributed by atoms with Crippen LogP contribution in [0.2, 0.25) is 0 Å². The van der Waals surface area contributed by atoms with Gasteiger partial charge in [-0.05, 0) is 19.3 Å². The Morgan fingerprint density at radius 2 is 1.73 bits per heavy atom. The Labute approximate surface area is 99.9 Å². The van der Waals surface area contributed by atoms with Gasteiger partial charge in [0.15, 0.2) is 0 Å². The van der Waals surface area contributed by atoms with Crippen molar-refractivity contribution >= 4 is 11.6 Å². The third-order valence-electron chi connectivity index (χ3n) is 2.70. The highest BCUT2D eigenvalue weighted by Gasteiger charge is 2.13. The lowest BCUT2D eigenvalue weighted by Gasteiger charge is -2.29. The first-order valence-corrected chi connectivity index (χ1v) is 6.71. The maximum absolute atomic E-state index is 5.81. The fraction of sp³-hybridized carbons (Fsp3) is 1.00. The highest BCUT2D eigenvalue weighted by Crippen LogP contribution is 2.08. The van der Waals surface area contributed by atoms with Crippen molar-refractivity contribution in [1.29, 1.82) is 0 Å². The number of ether oxygens (including phenoxy) is 1. The van der Waals surface area contributed by atoms with Crippen molar-refractivity contribution in [3.63, 3.8) is 0 Å². The van der Waals surface area contributed by atoms with Crippen molar-refractivity contribution < 1.29 is 4.74 Å². The van der Waals surface area contributed by atoms with Gasteiger partial charge in [0.05, 0.1) is 6.61 Å². The zero-order valence-electron chi connectivity index (χ0n) is 10.5. The van der Waals surface area contributed by atoms with Gasteiger partial charge in [0.1, 0.15) is 0 Å². The van der Waals surface area contributed by atoms with Crippen molar-refractivity contribution in [2.75, 3.05) is 32.2 Å². The smallest absolute Gasteiger partial charge is 0.0593 e. The predicted octanol–water partition coefficient (Wildman–Crippen LogP) is 3.14. The summed E-state index contributed by atoms with van der Waals surface area (Å²) in [4.78, 5) is 2.45. The van der Waals surface area contributed by atoms with E-state index in [0.717, 1.165) is 32.7 Å². The molecule has 0 rings (SSSR count). The zero-order chi connectivity index (χ0) is 11.5. The Hall–Kier alpha value is 0.210. The van der Waals surface area contributed by atoms with Gasteiger partial charge in [-0.3, -0.25) is 4.90 Å². The van der Waals surface area contributed by atoms with Crippen molar-refractivity contribution in [3.05, 3.63) is 0 Å². The monoisotopic (exact) mass is 235 g/mol. The summed E-state index contributed by atoms with van der Waals surface area (Å²) in [6.45, 7) is 10.3. The van der Waals surface area contributed by atoms with Crippen molar-refractivity contribution in [1.82, 2.24) is 4.90 Å². The molecular formula is C12H26ClNO. The number of rotatable bonds is 10. The summed E-state index contributed by atoms with van der Waals surface area (Å²) >= 11 is 5.81. The summed E-state index contributed by atoms with van der Waals surface area (Å²) in [7, 11) is 0. The van der Waals surface area contributed by atoms with Crippen LogP contribution in [0.25, 0.3) is 0 Å². The molecule has 0 aliphatic rings. The molecule has 0 fully saturated rings.